The average Bonchev–Trinajstić information content (AvgIpc) is 3.56. The maximum absolute atomic E-state index is 12.8. The highest BCUT2D eigenvalue weighted by atomic mass is 16.5. The van der Waals surface area contributed by atoms with Crippen LogP contribution in [0.25, 0.3) is 11.4 Å². The zero-order valence-corrected chi connectivity index (χ0v) is 19.0. The van der Waals surface area contributed by atoms with Crippen molar-refractivity contribution in [2.24, 2.45) is 5.92 Å². The minimum atomic E-state index is 0.0351. The first kappa shape index (κ1) is 22.0. The van der Waals surface area contributed by atoms with Crippen LogP contribution in [0, 0.1) is 5.92 Å². The van der Waals surface area contributed by atoms with Crippen LogP contribution in [0.1, 0.15) is 29.9 Å². The van der Waals surface area contributed by atoms with Gasteiger partial charge in [0.25, 0.3) is 0 Å². The number of hydrogen-bond donors (Lipinski definition) is 1. The second-order valence-corrected chi connectivity index (χ2v) is 8.70. The summed E-state index contributed by atoms with van der Waals surface area (Å²) >= 11 is 0. The third-order valence-corrected chi connectivity index (χ3v) is 6.20. The highest BCUT2D eigenvalue weighted by Crippen LogP contribution is 2.21. The normalized spacial score (nSPS) is 14.8. The zero-order chi connectivity index (χ0) is 23.2. The second kappa shape index (κ2) is 10.4. The van der Waals surface area contributed by atoms with E-state index in [1.165, 1.54) is 5.56 Å². The Morgan fingerprint density at radius 1 is 1.03 bits per heavy atom. The number of carbonyl (C=O) groups excluding carboxylic acids is 1. The van der Waals surface area contributed by atoms with Crippen LogP contribution in [0.3, 0.4) is 0 Å². The predicted molar refractivity (Wildman–Crippen MR) is 127 cm³/mol. The monoisotopic (exact) mass is 456 g/mol. The van der Waals surface area contributed by atoms with Gasteiger partial charge in [0.15, 0.2) is 0 Å². The van der Waals surface area contributed by atoms with Crippen molar-refractivity contribution in [2.75, 3.05) is 13.1 Å². The number of nitrogens with one attached hydrogen (secondary N) is 1. The number of likely N-dealkylation sites (tertiary alicyclic amines) is 1. The molecule has 0 unspecified atom stereocenters. The Labute approximate surface area is 198 Å². The van der Waals surface area contributed by atoms with E-state index in [9.17, 15) is 4.79 Å². The Kier molecular flexibility index (Phi) is 6.76. The van der Waals surface area contributed by atoms with E-state index >= 15 is 0 Å². The van der Waals surface area contributed by atoms with E-state index in [1.54, 1.807) is 6.20 Å². The van der Waals surface area contributed by atoms with Crippen molar-refractivity contribution in [1.82, 2.24) is 29.9 Å². The van der Waals surface area contributed by atoms with Gasteiger partial charge in [0.05, 0.1) is 12.9 Å². The topological polar surface area (TPSA) is 89.1 Å². The van der Waals surface area contributed by atoms with Crippen LogP contribution in [0.2, 0.25) is 0 Å². The summed E-state index contributed by atoms with van der Waals surface area (Å²) in [7, 11) is 0. The van der Waals surface area contributed by atoms with Gasteiger partial charge in [-0.1, -0.05) is 59.8 Å². The van der Waals surface area contributed by atoms with Crippen LogP contribution in [0.15, 0.2) is 77.8 Å². The van der Waals surface area contributed by atoms with Crippen molar-refractivity contribution < 1.29 is 9.32 Å². The first-order chi connectivity index (χ1) is 16.7. The van der Waals surface area contributed by atoms with Crippen molar-refractivity contribution in [1.29, 1.82) is 0 Å². The number of carbonyl (C=O) groups is 1. The summed E-state index contributed by atoms with van der Waals surface area (Å²) in [5.74, 6) is 1.38. The fraction of sp³-hybridized carbons (Fsp3) is 0.308. The van der Waals surface area contributed by atoms with Gasteiger partial charge in [-0.2, -0.15) is 4.98 Å². The Morgan fingerprint density at radius 2 is 1.85 bits per heavy atom. The molecular formula is C26H28N6O2. The molecule has 2 aromatic carbocycles. The Bertz CT molecular complexity index is 1200. The Balaban J connectivity index is 1.07. The summed E-state index contributed by atoms with van der Waals surface area (Å²) in [5.41, 5.74) is 3.24. The van der Waals surface area contributed by atoms with Crippen LogP contribution in [0.4, 0.5) is 0 Å². The van der Waals surface area contributed by atoms with Crippen LogP contribution in [0.5, 0.6) is 0 Å². The fourth-order valence-corrected chi connectivity index (χ4v) is 4.33. The minimum absolute atomic E-state index is 0.0351. The van der Waals surface area contributed by atoms with Gasteiger partial charge in [0.1, 0.15) is 0 Å². The molecule has 174 valence electrons. The molecule has 0 bridgehead atoms. The van der Waals surface area contributed by atoms with E-state index in [2.05, 4.69) is 37.5 Å². The molecule has 8 heteroatoms. The molecule has 1 amide bonds. The molecule has 34 heavy (non-hydrogen) atoms. The lowest BCUT2D eigenvalue weighted by molar-refractivity contribution is -0.126. The molecule has 1 aliphatic heterocycles. The summed E-state index contributed by atoms with van der Waals surface area (Å²) in [5, 5.41) is 7.22. The number of aromatic nitrogens is 4. The maximum Gasteiger partial charge on any atom is 0.241 e. The lowest BCUT2D eigenvalue weighted by Gasteiger charge is -2.30. The summed E-state index contributed by atoms with van der Waals surface area (Å²) in [6.45, 7) is 3.59. The summed E-state index contributed by atoms with van der Waals surface area (Å²) in [4.78, 5) is 23.6. The molecule has 0 saturated carbocycles. The average molecular weight is 457 g/mol. The van der Waals surface area contributed by atoms with E-state index < -0.39 is 0 Å². The molecule has 2 aromatic heterocycles. The molecule has 3 heterocycles. The largest absolute Gasteiger partial charge is 0.352 e. The number of rotatable bonds is 8. The molecule has 8 nitrogen and oxygen atoms in total. The number of benzene rings is 2. The van der Waals surface area contributed by atoms with E-state index in [0.717, 1.165) is 43.6 Å². The van der Waals surface area contributed by atoms with Crippen molar-refractivity contribution in [3.8, 4) is 11.4 Å². The fourth-order valence-electron chi connectivity index (χ4n) is 4.33. The van der Waals surface area contributed by atoms with Crippen LogP contribution < -0.4 is 5.32 Å². The Morgan fingerprint density at radius 3 is 2.65 bits per heavy atom. The number of nitrogens with zero attached hydrogens (tertiary/aromatic N) is 5. The molecular weight excluding hydrogens is 428 g/mol. The van der Waals surface area contributed by atoms with Crippen molar-refractivity contribution in [2.45, 2.75) is 32.5 Å². The number of imidazole rings is 1. The third-order valence-electron chi connectivity index (χ3n) is 6.20. The molecule has 0 aliphatic carbocycles. The minimum Gasteiger partial charge on any atom is -0.352 e. The summed E-state index contributed by atoms with van der Waals surface area (Å²) in [6, 6.07) is 18.1. The zero-order valence-electron chi connectivity index (χ0n) is 19.0. The standard InChI is InChI=1S/C26H28N6O2/c33-26(28-16-20-5-4-6-21(15-20)17-32-14-11-27-19-32)23-9-12-31(13-10-23)18-24-29-25(30-34-24)22-7-2-1-3-8-22/h1-8,11,14-15,19,23H,9-10,12-13,16-18H2,(H,28,33). The lowest BCUT2D eigenvalue weighted by Crippen LogP contribution is -2.40. The summed E-state index contributed by atoms with van der Waals surface area (Å²) < 4.78 is 7.47. The first-order valence-corrected chi connectivity index (χ1v) is 11.6. The van der Waals surface area contributed by atoms with Crippen LogP contribution in [-0.4, -0.2) is 43.6 Å². The number of piperidine rings is 1. The molecule has 5 rings (SSSR count). The smallest absolute Gasteiger partial charge is 0.241 e. The van der Waals surface area contributed by atoms with Crippen molar-refractivity contribution in [3.05, 3.63) is 90.3 Å². The van der Waals surface area contributed by atoms with Gasteiger partial charge < -0.3 is 14.4 Å². The number of hydrogen-bond acceptors (Lipinski definition) is 6. The highest BCUT2D eigenvalue weighted by Gasteiger charge is 2.26. The molecule has 1 N–H and O–H groups in total. The third kappa shape index (κ3) is 5.58. The number of amides is 1. The van der Waals surface area contributed by atoms with E-state index in [-0.39, 0.29) is 11.8 Å². The molecule has 0 atom stereocenters. The predicted octanol–water partition coefficient (Wildman–Crippen LogP) is 3.51. The highest BCUT2D eigenvalue weighted by molar-refractivity contribution is 5.78. The molecule has 0 spiro atoms. The molecule has 4 aromatic rings. The molecule has 1 saturated heterocycles. The van der Waals surface area contributed by atoms with Gasteiger partial charge >= 0.3 is 0 Å². The molecule has 1 aliphatic rings. The second-order valence-electron chi connectivity index (χ2n) is 8.70. The molecule has 1 fully saturated rings. The van der Waals surface area contributed by atoms with Crippen molar-refractivity contribution >= 4 is 5.91 Å². The van der Waals surface area contributed by atoms with Crippen LogP contribution >= 0.6 is 0 Å². The Hall–Kier alpha value is -3.78. The van der Waals surface area contributed by atoms with Gasteiger partial charge in [-0.15, -0.1) is 0 Å². The van der Waals surface area contributed by atoms with E-state index in [1.807, 2.05) is 59.6 Å². The quantitative estimate of drug-likeness (QED) is 0.437. The SMILES string of the molecule is O=C(NCc1cccc(Cn2ccnc2)c1)C1CCN(Cc2nc(-c3ccccc3)no2)CC1. The van der Waals surface area contributed by atoms with Gasteiger partial charge in [-0.3, -0.25) is 9.69 Å². The van der Waals surface area contributed by atoms with Gasteiger partial charge in [0.2, 0.25) is 17.6 Å². The van der Waals surface area contributed by atoms with Crippen LogP contribution in [-0.2, 0) is 24.4 Å². The maximum atomic E-state index is 12.8. The van der Waals surface area contributed by atoms with Gasteiger partial charge in [-0.05, 0) is 37.1 Å². The first-order valence-electron chi connectivity index (χ1n) is 11.6. The summed E-state index contributed by atoms with van der Waals surface area (Å²) in [6.07, 6.45) is 7.18. The van der Waals surface area contributed by atoms with Gasteiger partial charge in [0, 0.05) is 37.0 Å². The molecule has 0 radical (unpaired) electrons. The van der Waals surface area contributed by atoms with E-state index in [0.29, 0.717) is 24.8 Å². The lowest BCUT2D eigenvalue weighted by atomic mass is 9.96. The van der Waals surface area contributed by atoms with E-state index in [4.69, 9.17) is 4.52 Å². The van der Waals surface area contributed by atoms with Crippen molar-refractivity contribution in [3.63, 3.8) is 0 Å². The van der Waals surface area contributed by atoms with Gasteiger partial charge in [-0.25, -0.2) is 4.98 Å².